The maximum Gasteiger partial charge on any atom is 0.464 e. The van der Waals surface area contributed by atoms with Crippen molar-refractivity contribution in [2.45, 2.75) is 94.6 Å². The monoisotopic (exact) mass is 688 g/mol. The summed E-state index contributed by atoms with van der Waals surface area (Å²) in [6, 6.07) is 0. The SMILES string of the molecule is CC(=O)OCC1O[C@@H](OCCCC(F)(F)C(F)(F)OC(F)(F)C(F)(F)S(=O)(=O)F)C(OC(C)=O)[C@@H](OC(C)=O)[C@H]1OC(C)=O. The minimum Gasteiger partial charge on any atom is -0.463 e. The summed E-state index contributed by atoms with van der Waals surface area (Å²) in [6.45, 7) is 1.73. The summed E-state index contributed by atoms with van der Waals surface area (Å²) in [5.41, 5.74) is 0. The third-order valence-electron chi connectivity index (χ3n) is 5.19. The van der Waals surface area contributed by atoms with E-state index in [9.17, 15) is 66.6 Å². The van der Waals surface area contributed by atoms with Crippen molar-refractivity contribution < 1.29 is 99.8 Å². The molecule has 0 aliphatic carbocycles. The Morgan fingerprint density at radius 1 is 0.727 bits per heavy atom. The molecule has 0 aromatic heterocycles. The van der Waals surface area contributed by atoms with Crippen molar-refractivity contribution in [3.63, 3.8) is 0 Å². The fourth-order valence-corrected chi connectivity index (χ4v) is 3.72. The van der Waals surface area contributed by atoms with Crippen LogP contribution in [0.15, 0.2) is 0 Å². The normalized spacial score (nSPS) is 23.4. The Balaban J connectivity index is 3.18. The van der Waals surface area contributed by atoms with Crippen LogP contribution in [0.3, 0.4) is 0 Å². The standard InChI is InChI=1S/C21H25F9O13S/c1-9(31)38-8-13-14(39-10(2)32)15(40-11(3)33)16(41-12(4)34)17(42-13)37-7-5-6-18(22,23)19(24,25)43-20(26,27)21(28,29)44(30,35)36/h13-17H,5-8H2,1-4H3/t13?,14-,15-,16?,17+/m0/s1. The topological polar surface area (TPSA) is 167 Å². The van der Waals surface area contributed by atoms with Crippen molar-refractivity contribution in [1.29, 1.82) is 0 Å². The van der Waals surface area contributed by atoms with Gasteiger partial charge in [-0.15, -0.1) is 0 Å². The molecule has 23 heteroatoms. The van der Waals surface area contributed by atoms with Crippen molar-refractivity contribution in [2.24, 2.45) is 0 Å². The number of hydrogen-bond acceptors (Lipinski definition) is 13. The fraction of sp³-hybridized carbons (Fsp3) is 0.810. The summed E-state index contributed by atoms with van der Waals surface area (Å²) >= 11 is 0. The quantitative estimate of drug-likeness (QED) is 0.0811. The zero-order valence-corrected chi connectivity index (χ0v) is 23.6. The van der Waals surface area contributed by atoms with Gasteiger partial charge in [0.25, 0.3) is 0 Å². The van der Waals surface area contributed by atoms with Crippen molar-refractivity contribution >= 4 is 34.1 Å². The number of carbonyl (C=O) groups is 4. The van der Waals surface area contributed by atoms with Gasteiger partial charge in [0.05, 0.1) is 6.61 Å². The smallest absolute Gasteiger partial charge is 0.463 e. The van der Waals surface area contributed by atoms with Crippen molar-refractivity contribution in [3.8, 4) is 0 Å². The average molecular weight is 688 g/mol. The summed E-state index contributed by atoms with van der Waals surface area (Å²) in [6.07, 6.45) is -25.7. The molecule has 1 fully saturated rings. The second-order valence-electron chi connectivity index (χ2n) is 8.84. The molecule has 44 heavy (non-hydrogen) atoms. The summed E-state index contributed by atoms with van der Waals surface area (Å²) in [5, 5.41) is -6.97. The van der Waals surface area contributed by atoms with Crippen LogP contribution in [0.25, 0.3) is 0 Å². The lowest BCUT2D eigenvalue weighted by Gasteiger charge is -2.44. The molecule has 5 atom stereocenters. The third kappa shape index (κ3) is 10.1. The number of halogens is 9. The van der Waals surface area contributed by atoms with Crippen molar-refractivity contribution in [1.82, 2.24) is 0 Å². The fourth-order valence-electron chi connectivity index (χ4n) is 3.40. The molecule has 0 N–H and O–H groups in total. The Hall–Kier alpha value is -2.92. The largest absolute Gasteiger partial charge is 0.464 e. The third-order valence-corrected chi connectivity index (χ3v) is 6.04. The molecule has 2 unspecified atom stereocenters. The van der Waals surface area contributed by atoms with Gasteiger partial charge in [-0.3, -0.25) is 19.2 Å². The van der Waals surface area contributed by atoms with Gasteiger partial charge in [0.1, 0.15) is 12.7 Å². The molecule has 1 aliphatic rings. The second kappa shape index (κ2) is 14.5. The number of carbonyl (C=O) groups excluding carboxylic acids is 4. The molecule has 13 nitrogen and oxygen atoms in total. The van der Waals surface area contributed by atoms with Crippen LogP contribution in [0.5, 0.6) is 0 Å². The van der Waals surface area contributed by atoms with Gasteiger partial charge in [0.2, 0.25) is 0 Å². The molecule has 0 spiro atoms. The Kier molecular flexibility index (Phi) is 12.8. The minimum atomic E-state index is -7.60. The highest BCUT2D eigenvalue weighted by Crippen LogP contribution is 2.48. The van der Waals surface area contributed by atoms with E-state index in [2.05, 4.69) is 4.74 Å². The summed E-state index contributed by atoms with van der Waals surface area (Å²) in [7, 11) is -7.60. The van der Waals surface area contributed by atoms with Crippen LogP contribution in [0, 0.1) is 0 Å². The molecule has 256 valence electrons. The summed E-state index contributed by atoms with van der Waals surface area (Å²) in [5.74, 6) is -9.78. The van der Waals surface area contributed by atoms with Crippen LogP contribution in [-0.4, -0.2) is 99.6 Å². The van der Waals surface area contributed by atoms with Gasteiger partial charge < -0.3 is 28.4 Å². The van der Waals surface area contributed by atoms with E-state index in [1.54, 1.807) is 0 Å². The summed E-state index contributed by atoms with van der Waals surface area (Å²) in [4.78, 5) is 46.4. The lowest BCUT2D eigenvalue weighted by molar-refractivity contribution is -0.456. The molecular formula is C21H25F9O13S. The number of esters is 4. The van der Waals surface area contributed by atoms with Crippen LogP contribution in [0.4, 0.5) is 39.0 Å². The lowest BCUT2D eigenvalue weighted by Crippen LogP contribution is -2.63. The van der Waals surface area contributed by atoms with Gasteiger partial charge in [-0.25, -0.2) is 4.74 Å². The van der Waals surface area contributed by atoms with Crippen LogP contribution in [0.2, 0.25) is 0 Å². The molecule has 0 saturated carbocycles. The highest BCUT2D eigenvalue weighted by Gasteiger charge is 2.74. The molecule has 1 saturated heterocycles. The molecule has 0 bridgehead atoms. The van der Waals surface area contributed by atoms with Crippen LogP contribution in [-0.2, 0) is 62.6 Å². The Morgan fingerprint density at radius 3 is 1.66 bits per heavy atom. The molecule has 0 radical (unpaired) electrons. The predicted octanol–water partition coefficient (Wildman–Crippen LogP) is 2.60. The van der Waals surface area contributed by atoms with Crippen LogP contribution < -0.4 is 0 Å². The molecule has 1 heterocycles. The first-order chi connectivity index (χ1) is 19.8. The molecule has 1 rings (SSSR count). The van der Waals surface area contributed by atoms with E-state index in [1.165, 1.54) is 0 Å². The van der Waals surface area contributed by atoms with Crippen molar-refractivity contribution in [3.05, 3.63) is 0 Å². The second-order valence-corrected chi connectivity index (χ2v) is 10.2. The predicted molar refractivity (Wildman–Crippen MR) is 118 cm³/mol. The number of alkyl halides is 8. The van der Waals surface area contributed by atoms with E-state index < -0.39 is 114 Å². The Morgan fingerprint density at radius 2 is 1.20 bits per heavy atom. The summed E-state index contributed by atoms with van der Waals surface area (Å²) < 4.78 is 174. The maximum atomic E-state index is 14.0. The highest BCUT2D eigenvalue weighted by molar-refractivity contribution is 7.87. The number of hydrogen-bond donors (Lipinski definition) is 0. The van der Waals surface area contributed by atoms with E-state index in [1.807, 2.05) is 0 Å². The van der Waals surface area contributed by atoms with Gasteiger partial charge in [0.15, 0.2) is 24.6 Å². The van der Waals surface area contributed by atoms with E-state index in [0.29, 0.717) is 0 Å². The lowest BCUT2D eigenvalue weighted by atomic mass is 9.98. The Bertz CT molecular complexity index is 1170. The maximum absolute atomic E-state index is 14.0. The minimum absolute atomic E-state index is 0.729. The van der Waals surface area contributed by atoms with E-state index in [-0.39, 0.29) is 0 Å². The molecule has 0 aromatic carbocycles. The zero-order valence-electron chi connectivity index (χ0n) is 22.8. The highest BCUT2D eigenvalue weighted by atomic mass is 32.3. The average Bonchev–Trinajstić information content (AvgIpc) is 2.81. The zero-order chi connectivity index (χ0) is 34.5. The first-order valence-electron chi connectivity index (χ1n) is 11.8. The van der Waals surface area contributed by atoms with Gasteiger partial charge in [-0.2, -0.15) is 43.5 Å². The molecule has 0 amide bonds. The van der Waals surface area contributed by atoms with Gasteiger partial charge in [0, 0.05) is 34.1 Å². The van der Waals surface area contributed by atoms with E-state index in [0.717, 1.165) is 27.7 Å². The Labute approximate surface area is 242 Å². The number of ether oxygens (including phenoxy) is 7. The number of rotatable bonds is 15. The van der Waals surface area contributed by atoms with Gasteiger partial charge in [-0.05, 0) is 6.42 Å². The van der Waals surface area contributed by atoms with E-state index in [4.69, 9.17) is 28.4 Å². The molecule has 1 aliphatic heterocycles. The van der Waals surface area contributed by atoms with Crippen molar-refractivity contribution in [2.75, 3.05) is 13.2 Å². The van der Waals surface area contributed by atoms with Gasteiger partial charge in [-0.1, -0.05) is 3.89 Å². The van der Waals surface area contributed by atoms with Crippen LogP contribution in [0.1, 0.15) is 40.5 Å². The van der Waals surface area contributed by atoms with E-state index >= 15 is 0 Å². The van der Waals surface area contributed by atoms with Gasteiger partial charge >= 0.3 is 57.5 Å². The first-order valence-corrected chi connectivity index (χ1v) is 13.2. The van der Waals surface area contributed by atoms with Crippen LogP contribution >= 0.6 is 0 Å². The first kappa shape index (κ1) is 39.1. The molecule has 0 aromatic rings. The molecular weight excluding hydrogens is 663 g/mol.